The van der Waals surface area contributed by atoms with Crippen molar-refractivity contribution in [3.8, 4) is 0 Å². The van der Waals surface area contributed by atoms with Gasteiger partial charge in [-0.2, -0.15) is 0 Å². The molecule has 2 heterocycles. The maximum atomic E-state index is 6.03. The minimum absolute atomic E-state index is 0.303. The number of halogens is 1. The molecular formula is C13H21ClN2S. The summed E-state index contributed by atoms with van der Waals surface area (Å²) in [4.78, 5) is 3.90. The van der Waals surface area contributed by atoms with E-state index in [4.69, 9.17) is 17.3 Å². The first kappa shape index (κ1) is 13.3. The van der Waals surface area contributed by atoms with Gasteiger partial charge in [0.1, 0.15) is 0 Å². The van der Waals surface area contributed by atoms with Gasteiger partial charge in [0.15, 0.2) is 0 Å². The molecule has 0 aromatic carbocycles. The topological polar surface area (TPSA) is 29.3 Å². The molecule has 1 fully saturated rings. The van der Waals surface area contributed by atoms with E-state index in [9.17, 15) is 0 Å². The molecule has 17 heavy (non-hydrogen) atoms. The SMILES string of the molecule is CC(N)C1CCCN(C(C)c2ccc(Cl)s2)C1. The Hall–Kier alpha value is -0.0900. The first-order chi connectivity index (χ1) is 8.08. The van der Waals surface area contributed by atoms with Crippen LogP contribution in [-0.4, -0.2) is 24.0 Å². The van der Waals surface area contributed by atoms with Crippen molar-refractivity contribution in [1.29, 1.82) is 0 Å². The van der Waals surface area contributed by atoms with E-state index in [1.54, 1.807) is 11.3 Å². The maximum absolute atomic E-state index is 6.03. The number of nitrogens with zero attached hydrogens (tertiary/aromatic N) is 1. The van der Waals surface area contributed by atoms with Crippen molar-refractivity contribution in [1.82, 2.24) is 4.90 Å². The zero-order valence-corrected chi connectivity index (χ0v) is 12.1. The molecule has 2 rings (SSSR count). The predicted molar refractivity (Wildman–Crippen MR) is 75.7 cm³/mol. The Morgan fingerprint density at radius 1 is 1.47 bits per heavy atom. The van der Waals surface area contributed by atoms with Crippen molar-refractivity contribution in [3.05, 3.63) is 21.3 Å². The fourth-order valence-corrected chi connectivity index (χ4v) is 3.70. The number of thiophene rings is 1. The van der Waals surface area contributed by atoms with Crippen molar-refractivity contribution in [2.45, 2.75) is 38.8 Å². The van der Waals surface area contributed by atoms with Crippen molar-refractivity contribution in [2.75, 3.05) is 13.1 Å². The minimum Gasteiger partial charge on any atom is -0.328 e. The van der Waals surface area contributed by atoms with E-state index in [-0.39, 0.29) is 0 Å². The number of hydrogen-bond donors (Lipinski definition) is 1. The summed E-state index contributed by atoms with van der Waals surface area (Å²) < 4.78 is 0.882. The van der Waals surface area contributed by atoms with Crippen LogP contribution < -0.4 is 5.73 Å². The van der Waals surface area contributed by atoms with E-state index in [1.165, 1.54) is 24.3 Å². The summed E-state index contributed by atoms with van der Waals surface area (Å²) in [5.74, 6) is 0.640. The molecule has 1 aliphatic heterocycles. The van der Waals surface area contributed by atoms with Gasteiger partial charge in [0, 0.05) is 23.5 Å². The highest BCUT2D eigenvalue weighted by Crippen LogP contribution is 2.33. The van der Waals surface area contributed by atoms with Crippen LogP contribution in [-0.2, 0) is 0 Å². The van der Waals surface area contributed by atoms with Crippen LogP contribution in [0.2, 0.25) is 4.34 Å². The summed E-state index contributed by atoms with van der Waals surface area (Å²) in [7, 11) is 0. The van der Waals surface area contributed by atoms with E-state index >= 15 is 0 Å². The Morgan fingerprint density at radius 3 is 2.82 bits per heavy atom. The van der Waals surface area contributed by atoms with Gasteiger partial charge in [-0.05, 0) is 51.3 Å². The first-order valence-electron chi connectivity index (χ1n) is 6.33. The molecule has 1 aromatic rings. The molecule has 4 heteroatoms. The molecule has 2 N–H and O–H groups in total. The molecule has 96 valence electrons. The van der Waals surface area contributed by atoms with Crippen molar-refractivity contribution in [2.24, 2.45) is 11.7 Å². The van der Waals surface area contributed by atoms with Gasteiger partial charge < -0.3 is 5.73 Å². The summed E-state index contributed by atoms with van der Waals surface area (Å²) in [5, 5.41) is 0. The molecule has 1 aliphatic rings. The minimum atomic E-state index is 0.303. The Bertz CT molecular complexity index is 364. The van der Waals surface area contributed by atoms with Gasteiger partial charge >= 0.3 is 0 Å². The van der Waals surface area contributed by atoms with Crippen LogP contribution in [0, 0.1) is 5.92 Å². The van der Waals surface area contributed by atoms with E-state index in [0.717, 1.165) is 10.9 Å². The highest BCUT2D eigenvalue weighted by atomic mass is 35.5. The average molecular weight is 273 g/mol. The number of nitrogens with two attached hydrogens (primary N) is 1. The third-order valence-electron chi connectivity index (χ3n) is 3.79. The quantitative estimate of drug-likeness (QED) is 0.912. The molecule has 0 amide bonds. The summed E-state index contributed by atoms with van der Waals surface area (Å²) in [5.41, 5.74) is 6.03. The van der Waals surface area contributed by atoms with Gasteiger partial charge in [0.25, 0.3) is 0 Å². The summed E-state index contributed by atoms with van der Waals surface area (Å²) >= 11 is 7.69. The van der Waals surface area contributed by atoms with Crippen LogP contribution in [0.5, 0.6) is 0 Å². The molecule has 1 aromatic heterocycles. The van der Waals surface area contributed by atoms with E-state index < -0.39 is 0 Å². The summed E-state index contributed by atoms with van der Waals surface area (Å²) in [6, 6.07) is 4.91. The lowest BCUT2D eigenvalue weighted by Gasteiger charge is -2.38. The van der Waals surface area contributed by atoms with Crippen LogP contribution in [0.1, 0.15) is 37.6 Å². The summed E-state index contributed by atoms with van der Waals surface area (Å²) in [6.07, 6.45) is 2.53. The first-order valence-corrected chi connectivity index (χ1v) is 7.52. The van der Waals surface area contributed by atoms with Crippen LogP contribution >= 0.6 is 22.9 Å². The fourth-order valence-electron chi connectivity index (χ4n) is 2.55. The molecule has 0 spiro atoms. The van der Waals surface area contributed by atoms with Gasteiger partial charge in [-0.15, -0.1) is 11.3 Å². The van der Waals surface area contributed by atoms with Gasteiger partial charge in [0.2, 0.25) is 0 Å². The lowest BCUT2D eigenvalue weighted by atomic mass is 9.91. The third-order valence-corrected chi connectivity index (χ3v) is 5.19. The Kier molecular flexibility index (Phi) is 4.47. The van der Waals surface area contributed by atoms with Gasteiger partial charge in [-0.1, -0.05) is 11.6 Å². The number of piperidine rings is 1. The average Bonchev–Trinajstić information content (AvgIpc) is 2.75. The molecule has 3 unspecified atom stereocenters. The second-order valence-corrected chi connectivity index (χ2v) is 6.82. The van der Waals surface area contributed by atoms with Crippen molar-refractivity contribution in [3.63, 3.8) is 0 Å². The van der Waals surface area contributed by atoms with Gasteiger partial charge in [-0.3, -0.25) is 4.90 Å². The highest BCUT2D eigenvalue weighted by molar-refractivity contribution is 7.16. The van der Waals surface area contributed by atoms with E-state index in [1.807, 2.05) is 6.07 Å². The maximum Gasteiger partial charge on any atom is 0.0931 e. The molecule has 1 saturated heterocycles. The third kappa shape index (κ3) is 3.22. The number of hydrogen-bond acceptors (Lipinski definition) is 3. The predicted octanol–water partition coefficient (Wildman–Crippen LogP) is 3.52. The zero-order valence-electron chi connectivity index (χ0n) is 10.5. The Labute approximate surface area is 113 Å². The van der Waals surface area contributed by atoms with Crippen LogP contribution in [0.3, 0.4) is 0 Å². The lowest BCUT2D eigenvalue weighted by molar-refractivity contribution is 0.123. The fraction of sp³-hybridized carbons (Fsp3) is 0.692. The highest BCUT2D eigenvalue weighted by Gasteiger charge is 2.26. The Morgan fingerprint density at radius 2 is 2.24 bits per heavy atom. The van der Waals surface area contributed by atoms with Gasteiger partial charge in [-0.25, -0.2) is 0 Å². The molecule has 0 radical (unpaired) electrons. The largest absolute Gasteiger partial charge is 0.328 e. The smallest absolute Gasteiger partial charge is 0.0931 e. The van der Waals surface area contributed by atoms with Crippen molar-refractivity contribution >= 4 is 22.9 Å². The second-order valence-electron chi connectivity index (χ2n) is 5.07. The molecule has 0 bridgehead atoms. The van der Waals surface area contributed by atoms with Crippen LogP contribution in [0.4, 0.5) is 0 Å². The molecule has 3 atom stereocenters. The molecule has 0 saturated carbocycles. The van der Waals surface area contributed by atoms with Gasteiger partial charge in [0.05, 0.1) is 4.34 Å². The number of rotatable bonds is 3. The summed E-state index contributed by atoms with van der Waals surface area (Å²) in [6.45, 7) is 6.70. The zero-order chi connectivity index (χ0) is 12.4. The normalized spacial score (nSPS) is 25.8. The lowest BCUT2D eigenvalue weighted by Crippen LogP contribution is -2.43. The van der Waals surface area contributed by atoms with Crippen LogP contribution in [0.15, 0.2) is 12.1 Å². The molecular weight excluding hydrogens is 252 g/mol. The monoisotopic (exact) mass is 272 g/mol. The standard InChI is InChI=1S/C13H21ClN2S/c1-9(15)11-4-3-7-16(8-11)10(2)12-5-6-13(14)17-12/h5-6,9-11H,3-4,7-8,15H2,1-2H3. The molecule has 2 nitrogen and oxygen atoms in total. The van der Waals surface area contributed by atoms with Crippen LogP contribution in [0.25, 0.3) is 0 Å². The second kappa shape index (κ2) is 5.70. The number of likely N-dealkylation sites (tertiary alicyclic amines) is 1. The molecule has 0 aliphatic carbocycles. The van der Waals surface area contributed by atoms with E-state index in [2.05, 4.69) is 24.8 Å². The van der Waals surface area contributed by atoms with E-state index in [0.29, 0.717) is 18.0 Å². The Balaban J connectivity index is 2.02. The van der Waals surface area contributed by atoms with Crippen molar-refractivity contribution < 1.29 is 0 Å².